The van der Waals surface area contributed by atoms with Crippen LogP contribution in [0.4, 0.5) is 18.9 Å². The first-order valence-corrected chi connectivity index (χ1v) is 11.8. The molecule has 4 aliphatic rings. The number of nitrogens with zero attached hydrogens (tertiary/aromatic N) is 2. The van der Waals surface area contributed by atoms with Crippen molar-refractivity contribution in [3.8, 4) is 0 Å². The van der Waals surface area contributed by atoms with Crippen molar-refractivity contribution >= 4 is 35.0 Å². The summed E-state index contributed by atoms with van der Waals surface area (Å²) >= 11 is 7.10. The van der Waals surface area contributed by atoms with E-state index in [-0.39, 0.29) is 21.9 Å². The van der Waals surface area contributed by atoms with Gasteiger partial charge in [-0.2, -0.15) is 13.2 Å². The number of rotatable bonds is 5. The first kappa shape index (κ1) is 21.1. The van der Waals surface area contributed by atoms with Gasteiger partial charge in [-0.1, -0.05) is 23.4 Å². The molecule has 0 spiro atoms. The van der Waals surface area contributed by atoms with E-state index in [1.807, 2.05) is 0 Å². The molecule has 4 bridgehead atoms. The highest BCUT2D eigenvalue weighted by Crippen LogP contribution is 2.60. The number of anilines is 1. The van der Waals surface area contributed by atoms with Crippen LogP contribution in [0.25, 0.3) is 0 Å². The number of aromatic amines is 1. The number of halogens is 4. The van der Waals surface area contributed by atoms with Gasteiger partial charge in [-0.25, -0.2) is 4.98 Å². The molecule has 5 nitrogen and oxygen atoms in total. The summed E-state index contributed by atoms with van der Waals surface area (Å²) < 4.78 is 38.7. The van der Waals surface area contributed by atoms with Gasteiger partial charge < -0.3 is 5.32 Å². The fourth-order valence-corrected chi connectivity index (χ4v) is 6.83. The molecule has 1 aromatic heterocycles. The van der Waals surface area contributed by atoms with Crippen molar-refractivity contribution in [2.24, 2.45) is 17.8 Å². The number of thioether (sulfide) groups is 1. The lowest BCUT2D eigenvalue weighted by Gasteiger charge is -2.55. The number of H-pyrrole nitrogens is 1. The number of benzene rings is 1. The van der Waals surface area contributed by atoms with Gasteiger partial charge in [0.05, 0.1) is 22.0 Å². The van der Waals surface area contributed by atoms with E-state index in [0.717, 1.165) is 72.8 Å². The molecule has 0 saturated heterocycles. The molecule has 2 aromatic rings. The second kappa shape index (κ2) is 7.69. The zero-order valence-corrected chi connectivity index (χ0v) is 18.2. The number of amides is 1. The average molecular weight is 471 g/mol. The maximum Gasteiger partial charge on any atom is 0.416 e. The van der Waals surface area contributed by atoms with E-state index in [2.05, 4.69) is 20.5 Å². The summed E-state index contributed by atoms with van der Waals surface area (Å²) in [4.78, 5) is 17.0. The highest BCUT2D eigenvalue weighted by atomic mass is 35.5. The molecule has 0 aliphatic heterocycles. The lowest BCUT2D eigenvalue weighted by molar-refractivity contribution is -0.137. The minimum atomic E-state index is -4.51. The van der Waals surface area contributed by atoms with Crippen LogP contribution >= 0.6 is 23.4 Å². The van der Waals surface area contributed by atoms with Gasteiger partial charge in [-0.05, 0) is 74.5 Å². The Morgan fingerprint density at radius 3 is 2.45 bits per heavy atom. The molecular formula is C21H22ClF3N4OS. The average Bonchev–Trinajstić information content (AvgIpc) is 3.16. The lowest BCUT2D eigenvalue weighted by atomic mass is 9.49. The molecule has 1 heterocycles. The van der Waals surface area contributed by atoms with Gasteiger partial charge in [0.25, 0.3) is 0 Å². The van der Waals surface area contributed by atoms with Gasteiger partial charge in [-0.15, -0.1) is 5.10 Å². The van der Waals surface area contributed by atoms with Crippen molar-refractivity contribution in [2.75, 3.05) is 11.1 Å². The Hall–Kier alpha value is -1.74. The van der Waals surface area contributed by atoms with Crippen LogP contribution < -0.4 is 5.32 Å². The van der Waals surface area contributed by atoms with Gasteiger partial charge in [-0.3, -0.25) is 9.89 Å². The summed E-state index contributed by atoms with van der Waals surface area (Å²) in [5.41, 5.74) is -0.839. The molecule has 2 N–H and O–H groups in total. The number of hydrogen-bond acceptors (Lipinski definition) is 4. The lowest BCUT2D eigenvalue weighted by Crippen LogP contribution is -2.49. The van der Waals surface area contributed by atoms with Gasteiger partial charge in [0.2, 0.25) is 11.1 Å². The smallest absolute Gasteiger partial charge is 0.324 e. The topological polar surface area (TPSA) is 70.7 Å². The third kappa shape index (κ3) is 4.18. The van der Waals surface area contributed by atoms with Crippen LogP contribution in [0, 0.1) is 17.8 Å². The molecule has 4 saturated carbocycles. The Bertz CT molecular complexity index is 973. The normalized spacial score (nSPS) is 29.4. The Morgan fingerprint density at radius 2 is 1.84 bits per heavy atom. The zero-order chi connectivity index (χ0) is 21.8. The molecule has 4 fully saturated rings. The second-order valence-corrected chi connectivity index (χ2v) is 10.5. The van der Waals surface area contributed by atoms with E-state index >= 15 is 0 Å². The summed E-state index contributed by atoms with van der Waals surface area (Å²) in [7, 11) is 0. The number of aromatic nitrogens is 3. The predicted octanol–water partition coefficient (Wildman–Crippen LogP) is 5.68. The van der Waals surface area contributed by atoms with E-state index in [1.165, 1.54) is 19.3 Å². The van der Waals surface area contributed by atoms with Gasteiger partial charge in [0.1, 0.15) is 5.82 Å². The fourth-order valence-electron chi connectivity index (χ4n) is 6.06. The van der Waals surface area contributed by atoms with Crippen LogP contribution in [0.15, 0.2) is 23.4 Å². The van der Waals surface area contributed by atoms with Gasteiger partial charge >= 0.3 is 6.18 Å². The van der Waals surface area contributed by atoms with Crippen LogP contribution in [0.1, 0.15) is 49.9 Å². The maximum absolute atomic E-state index is 12.9. The number of carbonyl (C=O) groups excluding carboxylic acids is 1. The second-order valence-electron chi connectivity index (χ2n) is 9.19. The van der Waals surface area contributed by atoms with Crippen molar-refractivity contribution in [1.82, 2.24) is 15.2 Å². The van der Waals surface area contributed by atoms with Crippen LogP contribution in [-0.2, 0) is 16.4 Å². The molecule has 31 heavy (non-hydrogen) atoms. The molecule has 1 aromatic carbocycles. The van der Waals surface area contributed by atoms with E-state index in [9.17, 15) is 18.0 Å². The number of alkyl halides is 3. The quantitative estimate of drug-likeness (QED) is 0.552. The van der Waals surface area contributed by atoms with Gasteiger partial charge in [0.15, 0.2) is 0 Å². The van der Waals surface area contributed by atoms with Crippen molar-refractivity contribution in [2.45, 2.75) is 55.3 Å². The zero-order valence-electron chi connectivity index (χ0n) is 16.6. The minimum Gasteiger partial charge on any atom is -0.324 e. The standard InChI is InChI=1S/C21H22ClF3N4OS/c22-15-2-1-14(21(23,24)25)6-16(15)26-17(30)10-31-19-27-18(28-29-19)20-7-11-3-12(8-20)5-13(4-11)9-20/h1-2,6,11-13H,3-5,7-10H2,(H,26,30)(H,27,28,29). The van der Waals surface area contributed by atoms with Gasteiger partial charge in [0, 0.05) is 5.41 Å². The third-order valence-electron chi connectivity index (χ3n) is 6.91. The van der Waals surface area contributed by atoms with E-state index in [1.54, 1.807) is 0 Å². The molecule has 10 heteroatoms. The van der Waals surface area contributed by atoms with Crippen LogP contribution in [0.2, 0.25) is 5.02 Å². The van der Waals surface area contributed by atoms with Crippen molar-refractivity contribution < 1.29 is 18.0 Å². The minimum absolute atomic E-state index is 0.0231. The molecule has 0 atom stereocenters. The van der Waals surface area contributed by atoms with E-state index < -0.39 is 17.6 Å². The summed E-state index contributed by atoms with van der Waals surface area (Å²) in [5.74, 6) is 2.80. The molecule has 166 valence electrons. The Labute approximate surface area is 186 Å². The van der Waals surface area contributed by atoms with Crippen molar-refractivity contribution in [1.29, 1.82) is 0 Å². The first-order valence-electron chi connectivity index (χ1n) is 10.4. The van der Waals surface area contributed by atoms with Crippen molar-refractivity contribution in [3.05, 3.63) is 34.6 Å². The molecular weight excluding hydrogens is 449 g/mol. The summed E-state index contributed by atoms with van der Waals surface area (Å²) in [6.45, 7) is 0. The monoisotopic (exact) mass is 470 g/mol. The van der Waals surface area contributed by atoms with E-state index in [4.69, 9.17) is 11.6 Å². The van der Waals surface area contributed by atoms with Crippen LogP contribution in [0.3, 0.4) is 0 Å². The Balaban J connectivity index is 1.22. The summed E-state index contributed by atoms with van der Waals surface area (Å²) in [5, 5.41) is 10.4. The molecule has 0 unspecified atom stereocenters. The first-order chi connectivity index (χ1) is 14.7. The molecule has 1 amide bonds. The Kier molecular flexibility index (Phi) is 5.24. The summed E-state index contributed by atoms with van der Waals surface area (Å²) in [6, 6.07) is 2.84. The van der Waals surface area contributed by atoms with Crippen LogP contribution in [0.5, 0.6) is 0 Å². The maximum atomic E-state index is 12.9. The number of hydrogen-bond donors (Lipinski definition) is 2. The highest BCUT2D eigenvalue weighted by molar-refractivity contribution is 7.99. The van der Waals surface area contributed by atoms with Crippen LogP contribution in [-0.4, -0.2) is 26.8 Å². The fraction of sp³-hybridized carbons (Fsp3) is 0.571. The highest BCUT2D eigenvalue weighted by Gasteiger charge is 2.53. The molecule has 6 rings (SSSR count). The van der Waals surface area contributed by atoms with E-state index in [0.29, 0.717) is 5.16 Å². The molecule has 0 radical (unpaired) electrons. The number of nitrogens with one attached hydrogen (secondary N) is 2. The predicted molar refractivity (Wildman–Crippen MR) is 112 cm³/mol. The summed E-state index contributed by atoms with van der Waals surface area (Å²) in [6.07, 6.45) is 2.99. The van der Waals surface area contributed by atoms with Crippen molar-refractivity contribution in [3.63, 3.8) is 0 Å². The Morgan fingerprint density at radius 1 is 1.19 bits per heavy atom. The number of carbonyl (C=O) groups is 1. The largest absolute Gasteiger partial charge is 0.416 e. The third-order valence-corrected chi connectivity index (χ3v) is 8.08. The molecule has 4 aliphatic carbocycles. The SMILES string of the molecule is O=C(CSc1n[nH]c(C23CC4CC(CC(C4)C2)C3)n1)Nc1cc(C(F)(F)F)ccc1Cl.